The van der Waals surface area contributed by atoms with Gasteiger partial charge < -0.3 is 10.5 Å². The van der Waals surface area contributed by atoms with Crippen molar-refractivity contribution in [2.75, 3.05) is 0 Å². The third kappa shape index (κ3) is 3.68. The van der Waals surface area contributed by atoms with Gasteiger partial charge in [-0.15, -0.1) is 0 Å². The number of ether oxygens (including phenoxy) is 1. The Kier molecular flexibility index (Phi) is 4.37. The van der Waals surface area contributed by atoms with E-state index in [1.807, 2.05) is 30.3 Å². The second-order valence-corrected chi connectivity index (χ2v) is 4.82. The Hall–Kier alpha value is -2.63. The van der Waals surface area contributed by atoms with E-state index in [4.69, 9.17) is 10.5 Å². The molecule has 1 aromatic rings. The zero-order valence-electron chi connectivity index (χ0n) is 11.6. The highest BCUT2D eigenvalue weighted by atomic mass is 16.5. The van der Waals surface area contributed by atoms with Crippen LogP contribution in [0.4, 0.5) is 0 Å². The number of imide groups is 1. The maximum Gasteiger partial charge on any atom is 0.333 e. The predicted molar refractivity (Wildman–Crippen MR) is 74.4 cm³/mol. The molecule has 2 amide bonds. The monoisotopic (exact) mass is 288 g/mol. The second kappa shape index (κ2) is 6.21. The molecule has 0 aliphatic carbocycles. The summed E-state index contributed by atoms with van der Waals surface area (Å²) in [5.74, 6) is -1.57. The van der Waals surface area contributed by atoms with Crippen LogP contribution in [-0.4, -0.2) is 28.8 Å². The summed E-state index contributed by atoms with van der Waals surface area (Å²) in [7, 11) is 0. The molecule has 2 rings (SSSR count). The summed E-state index contributed by atoms with van der Waals surface area (Å²) in [6.45, 7) is 1.71. The molecule has 1 heterocycles. The molecule has 110 valence electrons. The third-order valence-electron chi connectivity index (χ3n) is 2.99. The summed E-state index contributed by atoms with van der Waals surface area (Å²) in [5, 5.41) is 0. The van der Waals surface area contributed by atoms with Crippen LogP contribution < -0.4 is 5.73 Å². The van der Waals surface area contributed by atoms with Crippen molar-refractivity contribution in [3.63, 3.8) is 0 Å². The topological polar surface area (TPSA) is 89.7 Å². The molecule has 2 N–H and O–H groups in total. The normalized spacial score (nSPS) is 19.0. The Morgan fingerprint density at radius 3 is 2.67 bits per heavy atom. The van der Waals surface area contributed by atoms with Crippen LogP contribution in [0.15, 0.2) is 42.1 Å². The lowest BCUT2D eigenvalue weighted by molar-refractivity contribution is -0.152. The molecule has 1 fully saturated rings. The molecule has 1 aromatic carbocycles. The number of nitrogens with two attached hydrogens (primary N) is 1. The van der Waals surface area contributed by atoms with Crippen LogP contribution in [-0.2, 0) is 25.7 Å². The first-order chi connectivity index (χ1) is 9.97. The van der Waals surface area contributed by atoms with Crippen LogP contribution >= 0.6 is 0 Å². The summed E-state index contributed by atoms with van der Waals surface area (Å²) in [5.41, 5.74) is 6.47. The number of hydrogen-bond donors (Lipinski definition) is 1. The summed E-state index contributed by atoms with van der Waals surface area (Å²) >= 11 is 0. The van der Waals surface area contributed by atoms with Gasteiger partial charge in [-0.2, -0.15) is 0 Å². The molecule has 21 heavy (non-hydrogen) atoms. The average Bonchev–Trinajstić information content (AvgIpc) is 2.67. The Morgan fingerprint density at radius 2 is 2.05 bits per heavy atom. The van der Waals surface area contributed by atoms with E-state index in [0.29, 0.717) is 0 Å². The minimum Gasteiger partial charge on any atom is -0.448 e. The number of hydrogen-bond acceptors (Lipinski definition) is 5. The molecule has 6 nitrogen and oxygen atoms in total. The van der Waals surface area contributed by atoms with Crippen LogP contribution in [0.5, 0.6) is 0 Å². The summed E-state index contributed by atoms with van der Waals surface area (Å²) in [6.07, 6.45) is -0.115. The molecule has 1 aliphatic rings. The number of likely N-dealkylation sites (tertiary alicyclic amines) is 1. The smallest absolute Gasteiger partial charge is 0.333 e. The van der Waals surface area contributed by atoms with Crippen molar-refractivity contribution in [3.05, 3.63) is 47.7 Å². The molecule has 0 radical (unpaired) electrons. The fourth-order valence-corrected chi connectivity index (χ4v) is 2.04. The number of amides is 2. The minimum absolute atomic E-state index is 0.130. The number of allylic oxidation sites excluding steroid dienone is 1. The van der Waals surface area contributed by atoms with Gasteiger partial charge in [0.25, 0.3) is 5.91 Å². The molecule has 6 heteroatoms. The molecule has 0 spiro atoms. The Morgan fingerprint density at radius 1 is 1.38 bits per heavy atom. The standard InChI is InChI=1S/C15H16N2O4/c1-10(16)7-14(19)21-12-8-13(18)17(15(12)20)9-11-5-3-2-4-6-11/h2-7,12H,8-9,16H2,1H3/t12-/m0/s1. The van der Waals surface area contributed by atoms with Gasteiger partial charge in [0.15, 0.2) is 6.10 Å². The number of carbonyl (C=O) groups excluding carboxylic acids is 3. The molecular weight excluding hydrogens is 272 g/mol. The number of rotatable bonds is 4. The zero-order valence-corrected chi connectivity index (χ0v) is 11.6. The predicted octanol–water partition coefficient (Wildman–Crippen LogP) is 0.720. The van der Waals surface area contributed by atoms with Gasteiger partial charge in [0, 0.05) is 11.8 Å². The lowest BCUT2D eigenvalue weighted by Gasteiger charge is -2.14. The van der Waals surface area contributed by atoms with Crippen molar-refractivity contribution in [2.45, 2.75) is 26.0 Å². The lowest BCUT2D eigenvalue weighted by Crippen LogP contribution is -2.33. The lowest BCUT2D eigenvalue weighted by atomic mass is 10.2. The highest BCUT2D eigenvalue weighted by Crippen LogP contribution is 2.19. The van der Waals surface area contributed by atoms with E-state index in [-0.39, 0.29) is 24.6 Å². The average molecular weight is 288 g/mol. The maximum absolute atomic E-state index is 12.1. The first kappa shape index (κ1) is 14.8. The number of carbonyl (C=O) groups is 3. The van der Waals surface area contributed by atoms with Crippen LogP contribution in [0.2, 0.25) is 0 Å². The highest BCUT2D eigenvalue weighted by Gasteiger charge is 2.40. The fourth-order valence-electron chi connectivity index (χ4n) is 2.04. The Labute approximate surface area is 122 Å². The van der Waals surface area contributed by atoms with Gasteiger partial charge in [-0.1, -0.05) is 30.3 Å². The summed E-state index contributed by atoms with van der Waals surface area (Å²) in [4.78, 5) is 36.6. The van der Waals surface area contributed by atoms with Crippen molar-refractivity contribution >= 4 is 17.8 Å². The summed E-state index contributed by atoms with van der Waals surface area (Å²) < 4.78 is 4.97. The largest absolute Gasteiger partial charge is 0.448 e. The van der Waals surface area contributed by atoms with Gasteiger partial charge >= 0.3 is 5.97 Å². The van der Waals surface area contributed by atoms with E-state index in [1.54, 1.807) is 0 Å². The number of benzene rings is 1. The summed E-state index contributed by atoms with van der Waals surface area (Å²) in [6, 6.07) is 9.14. The van der Waals surface area contributed by atoms with Crippen LogP contribution in [0.1, 0.15) is 18.9 Å². The SMILES string of the molecule is CC(N)=CC(=O)O[C@H]1CC(=O)N(Cc2ccccc2)C1=O. The minimum atomic E-state index is -1.07. The van der Waals surface area contributed by atoms with Crippen LogP contribution in [0.3, 0.4) is 0 Å². The zero-order chi connectivity index (χ0) is 15.4. The molecular formula is C15H16N2O4. The molecule has 0 bridgehead atoms. The molecule has 0 saturated carbocycles. The van der Waals surface area contributed by atoms with Gasteiger partial charge in [0.2, 0.25) is 5.91 Å². The van der Waals surface area contributed by atoms with Crippen molar-refractivity contribution in [1.29, 1.82) is 0 Å². The first-order valence-corrected chi connectivity index (χ1v) is 6.50. The second-order valence-electron chi connectivity index (χ2n) is 4.82. The van der Waals surface area contributed by atoms with E-state index >= 15 is 0 Å². The molecule has 0 unspecified atom stereocenters. The van der Waals surface area contributed by atoms with E-state index in [2.05, 4.69) is 0 Å². The van der Waals surface area contributed by atoms with Crippen molar-refractivity contribution in [1.82, 2.24) is 4.90 Å². The van der Waals surface area contributed by atoms with Crippen molar-refractivity contribution in [3.8, 4) is 0 Å². The Balaban J connectivity index is 2.03. The van der Waals surface area contributed by atoms with Gasteiger partial charge in [-0.05, 0) is 12.5 Å². The van der Waals surface area contributed by atoms with E-state index < -0.39 is 18.0 Å². The van der Waals surface area contributed by atoms with Crippen LogP contribution in [0, 0.1) is 0 Å². The molecule has 1 aliphatic heterocycles. The molecule has 1 saturated heterocycles. The van der Waals surface area contributed by atoms with Crippen molar-refractivity contribution in [2.24, 2.45) is 5.73 Å². The quantitative estimate of drug-likeness (QED) is 0.501. The number of esters is 1. The highest BCUT2D eigenvalue weighted by molar-refractivity contribution is 6.05. The van der Waals surface area contributed by atoms with Gasteiger partial charge in [-0.3, -0.25) is 14.5 Å². The van der Waals surface area contributed by atoms with Gasteiger partial charge in [0.1, 0.15) is 0 Å². The maximum atomic E-state index is 12.1. The molecule has 1 atom stereocenters. The van der Waals surface area contributed by atoms with E-state index in [9.17, 15) is 14.4 Å². The molecule has 0 aromatic heterocycles. The fraction of sp³-hybridized carbons (Fsp3) is 0.267. The Bertz CT molecular complexity index is 591. The first-order valence-electron chi connectivity index (χ1n) is 6.50. The van der Waals surface area contributed by atoms with Gasteiger partial charge in [-0.25, -0.2) is 4.79 Å². The number of nitrogens with zero attached hydrogens (tertiary/aromatic N) is 1. The third-order valence-corrected chi connectivity index (χ3v) is 2.99. The van der Waals surface area contributed by atoms with Gasteiger partial charge in [0.05, 0.1) is 13.0 Å². The van der Waals surface area contributed by atoms with Crippen LogP contribution in [0.25, 0.3) is 0 Å². The van der Waals surface area contributed by atoms with E-state index in [0.717, 1.165) is 16.5 Å². The van der Waals surface area contributed by atoms with E-state index in [1.165, 1.54) is 6.92 Å². The van der Waals surface area contributed by atoms with Crippen molar-refractivity contribution < 1.29 is 19.1 Å².